The highest BCUT2D eigenvalue weighted by molar-refractivity contribution is 7.99. The molecule has 1 amide bonds. The molecule has 1 aromatic heterocycles. The molecule has 0 radical (unpaired) electrons. The Labute approximate surface area is 140 Å². The number of hydrogen-bond acceptors (Lipinski definition) is 5. The molecule has 2 aromatic rings. The number of nitrogens with zero attached hydrogens (tertiary/aromatic N) is 3. The lowest BCUT2D eigenvalue weighted by atomic mass is 10.0. The topological polar surface area (TPSA) is 59.2 Å². The van der Waals surface area contributed by atoms with Gasteiger partial charge in [0.25, 0.3) is 5.22 Å². The number of aromatic nitrogens is 2. The lowest BCUT2D eigenvalue weighted by Crippen LogP contribution is -2.42. The molecule has 6 heteroatoms. The van der Waals surface area contributed by atoms with E-state index in [9.17, 15) is 4.79 Å². The number of aryl methyl sites for hydroxylation is 1. The molecule has 0 aliphatic carbocycles. The van der Waals surface area contributed by atoms with Crippen LogP contribution in [0.2, 0.25) is 0 Å². The molecule has 1 aliphatic heterocycles. The van der Waals surface area contributed by atoms with Crippen LogP contribution in [0.25, 0.3) is 11.5 Å². The van der Waals surface area contributed by atoms with Crippen molar-refractivity contribution in [1.29, 1.82) is 0 Å². The van der Waals surface area contributed by atoms with Gasteiger partial charge in [-0.15, -0.1) is 10.2 Å². The zero-order valence-electron chi connectivity index (χ0n) is 13.5. The average molecular weight is 331 g/mol. The summed E-state index contributed by atoms with van der Waals surface area (Å²) in [6.45, 7) is 4.98. The Balaban J connectivity index is 1.61. The molecule has 1 unspecified atom stereocenters. The number of amides is 1. The Morgan fingerprint density at radius 1 is 1.35 bits per heavy atom. The van der Waals surface area contributed by atoms with Crippen LogP contribution in [-0.2, 0) is 4.79 Å². The SMILES string of the molecule is Cc1ccccc1-c1nnc(SCC(=O)N2CCCCC2C)o1. The van der Waals surface area contributed by atoms with Gasteiger partial charge in [0.05, 0.1) is 5.75 Å². The number of piperidine rings is 1. The quantitative estimate of drug-likeness (QED) is 0.802. The molecular formula is C17H21N3O2S. The first-order chi connectivity index (χ1) is 11.1. The molecule has 122 valence electrons. The number of carbonyl (C=O) groups is 1. The van der Waals surface area contributed by atoms with E-state index in [1.165, 1.54) is 18.2 Å². The van der Waals surface area contributed by atoms with Gasteiger partial charge in [-0.3, -0.25) is 4.79 Å². The second kappa shape index (κ2) is 7.17. The van der Waals surface area contributed by atoms with E-state index in [1.54, 1.807) is 0 Å². The van der Waals surface area contributed by atoms with Gasteiger partial charge in [-0.05, 0) is 44.7 Å². The number of thioether (sulfide) groups is 1. The van der Waals surface area contributed by atoms with Crippen LogP contribution in [0.4, 0.5) is 0 Å². The van der Waals surface area contributed by atoms with E-state index >= 15 is 0 Å². The largest absolute Gasteiger partial charge is 0.411 e. The molecular weight excluding hydrogens is 310 g/mol. The van der Waals surface area contributed by atoms with E-state index in [4.69, 9.17) is 4.42 Å². The molecule has 1 fully saturated rings. The average Bonchev–Trinajstić information content (AvgIpc) is 3.02. The maximum absolute atomic E-state index is 12.3. The van der Waals surface area contributed by atoms with Crippen molar-refractivity contribution in [2.24, 2.45) is 0 Å². The second-order valence-corrected chi connectivity index (χ2v) is 6.84. The summed E-state index contributed by atoms with van der Waals surface area (Å²) in [7, 11) is 0. The highest BCUT2D eigenvalue weighted by Gasteiger charge is 2.23. The fourth-order valence-corrected chi connectivity index (χ4v) is 3.51. The van der Waals surface area contributed by atoms with Crippen LogP contribution in [-0.4, -0.2) is 39.3 Å². The van der Waals surface area contributed by atoms with Crippen LogP contribution in [0.1, 0.15) is 31.7 Å². The van der Waals surface area contributed by atoms with Crippen LogP contribution < -0.4 is 0 Å². The van der Waals surface area contributed by atoms with E-state index < -0.39 is 0 Å². The molecule has 5 nitrogen and oxygen atoms in total. The Hall–Kier alpha value is -1.82. The number of carbonyl (C=O) groups excluding carboxylic acids is 1. The van der Waals surface area contributed by atoms with Crippen LogP contribution in [0.3, 0.4) is 0 Å². The van der Waals surface area contributed by atoms with E-state index in [0.29, 0.717) is 22.9 Å². The molecule has 0 saturated carbocycles. The lowest BCUT2D eigenvalue weighted by Gasteiger charge is -2.33. The van der Waals surface area contributed by atoms with Crippen molar-refractivity contribution in [1.82, 2.24) is 15.1 Å². The first-order valence-corrected chi connectivity index (χ1v) is 8.95. The number of rotatable bonds is 4. The summed E-state index contributed by atoms with van der Waals surface area (Å²) in [6.07, 6.45) is 3.40. The Morgan fingerprint density at radius 2 is 2.17 bits per heavy atom. The molecule has 23 heavy (non-hydrogen) atoms. The molecule has 1 aliphatic rings. The van der Waals surface area contributed by atoms with Crippen LogP contribution in [0.15, 0.2) is 33.9 Å². The van der Waals surface area contributed by atoms with Crippen molar-refractivity contribution in [2.75, 3.05) is 12.3 Å². The fourth-order valence-electron chi connectivity index (χ4n) is 2.86. The Kier molecular flexibility index (Phi) is 5.00. The van der Waals surface area contributed by atoms with Crippen LogP contribution >= 0.6 is 11.8 Å². The third-order valence-electron chi connectivity index (χ3n) is 4.22. The van der Waals surface area contributed by atoms with Crippen molar-refractivity contribution >= 4 is 17.7 Å². The van der Waals surface area contributed by atoms with Gasteiger partial charge in [-0.25, -0.2) is 0 Å². The molecule has 0 N–H and O–H groups in total. The fraction of sp³-hybridized carbons (Fsp3) is 0.471. The molecule has 0 bridgehead atoms. The van der Waals surface area contributed by atoms with E-state index in [1.807, 2.05) is 36.1 Å². The van der Waals surface area contributed by atoms with Crippen LogP contribution in [0, 0.1) is 6.92 Å². The van der Waals surface area contributed by atoms with Gasteiger partial charge >= 0.3 is 0 Å². The summed E-state index contributed by atoms with van der Waals surface area (Å²) in [4.78, 5) is 14.3. The van der Waals surface area contributed by atoms with Crippen molar-refractivity contribution in [2.45, 2.75) is 44.4 Å². The van der Waals surface area contributed by atoms with Crippen molar-refractivity contribution in [3.63, 3.8) is 0 Å². The minimum Gasteiger partial charge on any atom is -0.411 e. The summed E-state index contributed by atoms with van der Waals surface area (Å²) < 4.78 is 5.69. The molecule has 1 aromatic carbocycles. The van der Waals surface area contributed by atoms with Gasteiger partial charge in [-0.2, -0.15) is 0 Å². The molecule has 0 spiro atoms. The molecule has 1 saturated heterocycles. The van der Waals surface area contributed by atoms with Gasteiger partial charge in [0.1, 0.15) is 0 Å². The summed E-state index contributed by atoms with van der Waals surface area (Å²) in [5.41, 5.74) is 2.02. The monoisotopic (exact) mass is 331 g/mol. The smallest absolute Gasteiger partial charge is 0.277 e. The summed E-state index contributed by atoms with van der Waals surface area (Å²) in [6, 6.07) is 8.22. The number of benzene rings is 1. The normalized spacial score (nSPS) is 18.2. The Bertz CT molecular complexity index is 686. The van der Waals surface area contributed by atoms with Gasteiger partial charge in [-0.1, -0.05) is 30.0 Å². The lowest BCUT2D eigenvalue weighted by molar-refractivity contribution is -0.131. The molecule has 2 heterocycles. The van der Waals surface area contributed by atoms with Gasteiger partial charge < -0.3 is 9.32 Å². The third kappa shape index (κ3) is 3.75. The van der Waals surface area contributed by atoms with Gasteiger partial charge in [0.2, 0.25) is 11.8 Å². The van der Waals surface area contributed by atoms with E-state index in [2.05, 4.69) is 17.1 Å². The highest BCUT2D eigenvalue weighted by Crippen LogP contribution is 2.26. The first kappa shape index (κ1) is 16.1. The van der Waals surface area contributed by atoms with Crippen molar-refractivity contribution in [3.8, 4) is 11.5 Å². The number of hydrogen-bond donors (Lipinski definition) is 0. The Morgan fingerprint density at radius 3 is 2.96 bits per heavy atom. The molecule has 1 atom stereocenters. The zero-order valence-corrected chi connectivity index (χ0v) is 14.3. The maximum Gasteiger partial charge on any atom is 0.277 e. The number of likely N-dealkylation sites (tertiary alicyclic amines) is 1. The van der Waals surface area contributed by atoms with Crippen molar-refractivity contribution in [3.05, 3.63) is 29.8 Å². The summed E-state index contributed by atoms with van der Waals surface area (Å²) >= 11 is 1.31. The zero-order chi connectivity index (χ0) is 16.2. The summed E-state index contributed by atoms with van der Waals surface area (Å²) in [5, 5.41) is 8.58. The predicted molar refractivity (Wildman–Crippen MR) is 90.2 cm³/mol. The third-order valence-corrected chi connectivity index (χ3v) is 5.03. The van der Waals surface area contributed by atoms with E-state index in [0.717, 1.165) is 30.5 Å². The minimum atomic E-state index is 0.151. The van der Waals surface area contributed by atoms with Gasteiger partial charge in [0.15, 0.2) is 0 Å². The predicted octanol–water partition coefficient (Wildman–Crippen LogP) is 3.54. The first-order valence-electron chi connectivity index (χ1n) is 7.97. The standard InChI is InChI=1S/C17H21N3O2S/c1-12-7-3-4-9-14(12)16-18-19-17(22-16)23-11-15(21)20-10-6-5-8-13(20)2/h3-4,7,9,13H,5-6,8,10-11H2,1-2H3. The maximum atomic E-state index is 12.3. The summed E-state index contributed by atoms with van der Waals surface area (Å²) in [5.74, 6) is 1.00. The highest BCUT2D eigenvalue weighted by atomic mass is 32.2. The van der Waals surface area contributed by atoms with Gasteiger partial charge in [0, 0.05) is 18.2 Å². The second-order valence-electron chi connectivity index (χ2n) is 5.91. The van der Waals surface area contributed by atoms with Crippen molar-refractivity contribution < 1.29 is 9.21 Å². The van der Waals surface area contributed by atoms with Crippen LogP contribution in [0.5, 0.6) is 0 Å². The minimum absolute atomic E-state index is 0.151. The molecule has 3 rings (SSSR count). The van der Waals surface area contributed by atoms with E-state index in [-0.39, 0.29) is 5.91 Å².